The molecule has 1 N–H and O–H groups in total. The first-order valence-electron chi connectivity index (χ1n) is 5.29. The number of hydrogen-bond acceptors (Lipinski definition) is 5. The molecule has 0 saturated heterocycles. The first-order chi connectivity index (χ1) is 8.28. The molecule has 0 bridgehead atoms. The second-order valence-corrected chi connectivity index (χ2v) is 5.39. The number of amides is 1. The molecule has 0 spiro atoms. The van der Waals surface area contributed by atoms with Crippen LogP contribution in [0.25, 0.3) is 0 Å². The summed E-state index contributed by atoms with van der Waals surface area (Å²) in [5.41, 5.74) is -0.242. The van der Waals surface area contributed by atoms with Gasteiger partial charge in [0, 0.05) is 7.05 Å². The van der Waals surface area contributed by atoms with Crippen LogP contribution in [0.15, 0.2) is 5.03 Å². The van der Waals surface area contributed by atoms with E-state index in [0.29, 0.717) is 16.4 Å². The number of rotatable bonds is 2. The highest BCUT2D eigenvalue weighted by Crippen LogP contribution is 2.25. The van der Waals surface area contributed by atoms with Crippen LogP contribution in [0.2, 0.25) is 0 Å². The predicted octanol–water partition coefficient (Wildman–Crippen LogP) is 2.36. The van der Waals surface area contributed by atoms with Crippen molar-refractivity contribution >= 4 is 23.7 Å². The van der Waals surface area contributed by atoms with E-state index in [-0.39, 0.29) is 0 Å². The molecule has 1 amide bonds. The Kier molecular flexibility index (Phi) is 4.24. The summed E-state index contributed by atoms with van der Waals surface area (Å²) in [4.78, 5) is 11.7. The number of anilines is 1. The number of carbonyl (C=O) groups is 1. The summed E-state index contributed by atoms with van der Waals surface area (Å²) >= 11 is 1.35. The molecule has 6 nitrogen and oxygen atoms in total. The van der Waals surface area contributed by atoms with Gasteiger partial charge in [-0.3, -0.25) is 10.00 Å². The fraction of sp³-hybridized carbons (Fsp3) is 0.545. The third-order valence-corrected chi connectivity index (χ3v) is 2.61. The quantitative estimate of drug-likeness (QED) is 0.833. The van der Waals surface area contributed by atoms with Gasteiger partial charge in [-0.25, -0.2) is 4.79 Å². The van der Waals surface area contributed by atoms with Gasteiger partial charge < -0.3 is 4.74 Å². The number of nitrogens with zero attached hydrogens (tertiary/aromatic N) is 3. The van der Waals surface area contributed by atoms with Crippen LogP contribution in [0.3, 0.4) is 0 Å². The van der Waals surface area contributed by atoms with Gasteiger partial charge in [-0.1, -0.05) is 0 Å². The third kappa shape index (κ3) is 3.40. The van der Waals surface area contributed by atoms with Crippen LogP contribution in [-0.4, -0.2) is 27.7 Å². The molecule has 0 fully saturated rings. The molecule has 98 valence electrons. The van der Waals surface area contributed by atoms with Gasteiger partial charge in [-0.15, -0.1) is 11.8 Å². The van der Waals surface area contributed by atoms with Crippen molar-refractivity contribution in [2.75, 3.05) is 11.6 Å². The minimum Gasteiger partial charge on any atom is -0.444 e. The zero-order valence-corrected chi connectivity index (χ0v) is 11.9. The number of carbonyl (C=O) groups excluding carboxylic acids is 1. The highest BCUT2D eigenvalue weighted by Gasteiger charge is 2.21. The summed E-state index contributed by atoms with van der Waals surface area (Å²) in [6.07, 6.45) is 1.22. The van der Waals surface area contributed by atoms with Crippen LogP contribution in [0.4, 0.5) is 10.6 Å². The number of nitriles is 1. The number of aryl methyl sites for hydroxylation is 1. The normalized spacial score (nSPS) is 10.9. The van der Waals surface area contributed by atoms with Crippen molar-refractivity contribution in [1.82, 2.24) is 9.78 Å². The van der Waals surface area contributed by atoms with Gasteiger partial charge in [0.1, 0.15) is 22.3 Å². The number of aromatic nitrogens is 2. The van der Waals surface area contributed by atoms with Crippen LogP contribution in [-0.2, 0) is 11.8 Å². The maximum absolute atomic E-state index is 11.7. The van der Waals surface area contributed by atoms with Gasteiger partial charge >= 0.3 is 6.09 Å². The van der Waals surface area contributed by atoms with E-state index in [4.69, 9.17) is 10.00 Å². The van der Waals surface area contributed by atoms with Crippen molar-refractivity contribution in [3.8, 4) is 6.07 Å². The molecule has 0 aromatic carbocycles. The lowest BCUT2D eigenvalue weighted by Gasteiger charge is -2.19. The average Bonchev–Trinajstić information content (AvgIpc) is 2.52. The summed E-state index contributed by atoms with van der Waals surface area (Å²) in [6, 6.07) is 2.03. The van der Waals surface area contributed by atoms with Crippen molar-refractivity contribution in [3.05, 3.63) is 5.56 Å². The molecule has 0 atom stereocenters. The van der Waals surface area contributed by atoms with Crippen molar-refractivity contribution in [3.63, 3.8) is 0 Å². The van der Waals surface area contributed by atoms with Gasteiger partial charge in [0.15, 0.2) is 5.82 Å². The van der Waals surface area contributed by atoms with Crippen LogP contribution in [0.5, 0.6) is 0 Å². The number of thioether (sulfide) groups is 1. The molecule has 7 heteroatoms. The van der Waals surface area contributed by atoms with Crippen LogP contribution < -0.4 is 5.32 Å². The number of hydrogen-bond donors (Lipinski definition) is 1. The first-order valence-corrected chi connectivity index (χ1v) is 6.52. The summed E-state index contributed by atoms with van der Waals surface area (Å²) in [7, 11) is 1.66. The van der Waals surface area contributed by atoms with Crippen molar-refractivity contribution in [2.24, 2.45) is 7.05 Å². The van der Waals surface area contributed by atoms with E-state index in [0.717, 1.165) is 0 Å². The number of ether oxygens (including phenoxy) is 1. The van der Waals surface area contributed by atoms with Crippen molar-refractivity contribution < 1.29 is 9.53 Å². The fourth-order valence-electron chi connectivity index (χ4n) is 1.29. The van der Waals surface area contributed by atoms with E-state index < -0.39 is 11.7 Å². The van der Waals surface area contributed by atoms with E-state index >= 15 is 0 Å². The van der Waals surface area contributed by atoms with Crippen molar-refractivity contribution in [2.45, 2.75) is 31.4 Å². The number of nitrogens with one attached hydrogen (secondary N) is 1. The Hall–Kier alpha value is -1.68. The van der Waals surface area contributed by atoms with Gasteiger partial charge in [0.25, 0.3) is 0 Å². The fourth-order valence-corrected chi connectivity index (χ4v) is 1.84. The van der Waals surface area contributed by atoms with Crippen LogP contribution in [0.1, 0.15) is 26.3 Å². The molecule has 0 saturated carbocycles. The standard InChI is InChI=1S/C11H16N4O2S/c1-11(2,3)17-10(16)13-8-7(6-12)9(18-5)14-15(8)4/h1-5H3,(H,13,16). The molecule has 1 heterocycles. The molecule has 1 aromatic heterocycles. The maximum Gasteiger partial charge on any atom is 0.413 e. The predicted molar refractivity (Wildman–Crippen MR) is 69.6 cm³/mol. The van der Waals surface area contributed by atoms with Crippen molar-refractivity contribution in [1.29, 1.82) is 5.26 Å². The highest BCUT2D eigenvalue weighted by atomic mass is 32.2. The highest BCUT2D eigenvalue weighted by molar-refractivity contribution is 7.98. The molecular weight excluding hydrogens is 252 g/mol. The maximum atomic E-state index is 11.7. The summed E-state index contributed by atoms with van der Waals surface area (Å²) in [6.45, 7) is 5.32. The Morgan fingerprint density at radius 3 is 2.61 bits per heavy atom. The molecule has 0 unspecified atom stereocenters. The summed E-state index contributed by atoms with van der Waals surface area (Å²) in [5.74, 6) is 0.344. The van der Waals surface area contributed by atoms with E-state index in [1.807, 2.05) is 12.3 Å². The molecule has 0 aliphatic carbocycles. The lowest BCUT2D eigenvalue weighted by Crippen LogP contribution is -2.28. The largest absolute Gasteiger partial charge is 0.444 e. The molecule has 0 aliphatic heterocycles. The van der Waals surface area contributed by atoms with Crippen LogP contribution >= 0.6 is 11.8 Å². The van der Waals surface area contributed by atoms with Crippen LogP contribution in [0, 0.1) is 11.3 Å². The topological polar surface area (TPSA) is 79.9 Å². The van der Waals surface area contributed by atoms with Gasteiger partial charge in [-0.2, -0.15) is 10.4 Å². The average molecular weight is 268 g/mol. The Morgan fingerprint density at radius 2 is 2.17 bits per heavy atom. The van der Waals surface area contributed by atoms with E-state index in [1.54, 1.807) is 27.8 Å². The zero-order valence-electron chi connectivity index (χ0n) is 11.1. The monoisotopic (exact) mass is 268 g/mol. The molecular formula is C11H16N4O2S. The molecule has 18 heavy (non-hydrogen) atoms. The third-order valence-electron chi connectivity index (χ3n) is 1.94. The zero-order chi connectivity index (χ0) is 13.9. The first kappa shape index (κ1) is 14.4. The SMILES string of the molecule is CSc1nn(C)c(NC(=O)OC(C)(C)C)c1C#N. The molecule has 1 aromatic rings. The minimum atomic E-state index is -0.602. The van der Waals surface area contributed by atoms with E-state index in [1.165, 1.54) is 16.4 Å². The summed E-state index contributed by atoms with van der Waals surface area (Å²) < 4.78 is 6.58. The Bertz CT molecular complexity index is 496. The minimum absolute atomic E-state index is 0.343. The molecule has 0 radical (unpaired) electrons. The Labute approximate surface area is 110 Å². The van der Waals surface area contributed by atoms with E-state index in [2.05, 4.69) is 10.4 Å². The van der Waals surface area contributed by atoms with E-state index in [9.17, 15) is 4.79 Å². The second-order valence-electron chi connectivity index (χ2n) is 4.60. The molecule has 0 aliphatic rings. The Balaban J connectivity index is 2.95. The lowest BCUT2D eigenvalue weighted by molar-refractivity contribution is 0.0634. The molecule has 1 rings (SSSR count). The van der Waals surface area contributed by atoms with Gasteiger partial charge in [0.2, 0.25) is 0 Å². The smallest absolute Gasteiger partial charge is 0.413 e. The van der Waals surface area contributed by atoms with Gasteiger partial charge in [0.05, 0.1) is 0 Å². The Morgan fingerprint density at radius 1 is 1.56 bits per heavy atom. The summed E-state index contributed by atoms with van der Waals surface area (Å²) in [5, 5.41) is 16.3. The van der Waals surface area contributed by atoms with Gasteiger partial charge in [-0.05, 0) is 27.0 Å². The second kappa shape index (κ2) is 5.31. The lowest BCUT2D eigenvalue weighted by atomic mass is 10.2.